The third kappa shape index (κ3) is 2.09. The quantitative estimate of drug-likeness (QED) is 0.626. The zero-order chi connectivity index (χ0) is 13.3. The van der Waals surface area contributed by atoms with Crippen LogP contribution in [0.5, 0.6) is 11.6 Å². The summed E-state index contributed by atoms with van der Waals surface area (Å²) in [6.07, 6.45) is 0.985. The summed E-state index contributed by atoms with van der Waals surface area (Å²) in [5.74, 6) is 4.83. The Labute approximate surface area is 103 Å². The molecule has 0 fully saturated rings. The van der Waals surface area contributed by atoms with Crippen LogP contribution >= 0.6 is 0 Å². The number of anilines is 1. The van der Waals surface area contributed by atoms with E-state index in [1.807, 2.05) is 6.92 Å². The summed E-state index contributed by atoms with van der Waals surface area (Å²) in [4.78, 5) is 7.42. The van der Waals surface area contributed by atoms with Crippen LogP contribution < -0.4 is 16.0 Å². The van der Waals surface area contributed by atoms with Crippen molar-refractivity contribution in [2.75, 3.05) is 5.43 Å². The molecule has 0 saturated heterocycles. The summed E-state index contributed by atoms with van der Waals surface area (Å²) in [5, 5.41) is 4.16. The number of rotatable bonds is 3. The van der Waals surface area contributed by atoms with Crippen LogP contribution in [0.4, 0.5) is 10.3 Å². The molecule has 96 valence electrons. The van der Waals surface area contributed by atoms with E-state index < -0.39 is 5.82 Å². The maximum atomic E-state index is 13.5. The molecule has 0 aliphatic heterocycles. The Morgan fingerprint density at radius 3 is 2.72 bits per heavy atom. The molecule has 7 nitrogen and oxygen atoms in total. The highest BCUT2D eigenvalue weighted by Gasteiger charge is 2.15. The number of ether oxygens (including phenoxy) is 1. The van der Waals surface area contributed by atoms with Gasteiger partial charge in [-0.2, -0.15) is 14.5 Å². The first kappa shape index (κ1) is 12.2. The fourth-order valence-electron chi connectivity index (χ4n) is 1.49. The van der Waals surface area contributed by atoms with E-state index in [4.69, 9.17) is 10.6 Å². The summed E-state index contributed by atoms with van der Waals surface area (Å²) < 4.78 is 20.6. The van der Waals surface area contributed by atoms with Gasteiger partial charge in [0.25, 0.3) is 5.88 Å². The molecule has 0 radical (unpaired) electrons. The molecule has 0 unspecified atom stereocenters. The Morgan fingerprint density at radius 2 is 2.17 bits per heavy atom. The Balaban J connectivity index is 2.39. The predicted octanol–water partition coefficient (Wildman–Crippen LogP) is 1.04. The molecule has 0 saturated carbocycles. The second-order valence-corrected chi connectivity index (χ2v) is 3.72. The van der Waals surface area contributed by atoms with Crippen molar-refractivity contribution in [3.63, 3.8) is 0 Å². The average Bonchev–Trinajstić information content (AvgIpc) is 2.58. The predicted molar refractivity (Wildman–Crippen MR) is 62.6 cm³/mol. The Bertz CT molecular complexity index is 582. The summed E-state index contributed by atoms with van der Waals surface area (Å²) >= 11 is 0. The molecule has 2 rings (SSSR count). The van der Waals surface area contributed by atoms with Gasteiger partial charge in [-0.15, -0.1) is 0 Å². The first-order valence-electron chi connectivity index (χ1n) is 5.20. The van der Waals surface area contributed by atoms with Crippen molar-refractivity contribution in [2.24, 2.45) is 12.9 Å². The van der Waals surface area contributed by atoms with E-state index in [2.05, 4.69) is 20.5 Å². The second kappa shape index (κ2) is 4.57. The fourth-order valence-corrected chi connectivity index (χ4v) is 1.49. The molecule has 18 heavy (non-hydrogen) atoms. The van der Waals surface area contributed by atoms with Crippen molar-refractivity contribution < 1.29 is 9.13 Å². The van der Waals surface area contributed by atoms with Gasteiger partial charge in [0, 0.05) is 7.05 Å². The normalized spacial score (nSPS) is 10.5. The highest BCUT2D eigenvalue weighted by atomic mass is 19.1. The van der Waals surface area contributed by atoms with E-state index in [1.54, 1.807) is 18.7 Å². The van der Waals surface area contributed by atoms with Gasteiger partial charge in [0.15, 0.2) is 5.75 Å². The van der Waals surface area contributed by atoms with E-state index in [1.165, 1.54) is 0 Å². The lowest BCUT2D eigenvalue weighted by atomic mass is 10.3. The lowest BCUT2D eigenvalue weighted by Gasteiger charge is -2.07. The van der Waals surface area contributed by atoms with E-state index in [-0.39, 0.29) is 11.8 Å². The number of aryl methyl sites for hydroxylation is 2. The van der Waals surface area contributed by atoms with Crippen molar-refractivity contribution >= 4 is 5.95 Å². The lowest BCUT2D eigenvalue weighted by Crippen LogP contribution is -2.11. The van der Waals surface area contributed by atoms with Crippen molar-refractivity contribution in [1.82, 2.24) is 19.7 Å². The van der Waals surface area contributed by atoms with Gasteiger partial charge < -0.3 is 4.74 Å². The number of nitrogen functional groups attached to an aromatic ring is 1. The van der Waals surface area contributed by atoms with Gasteiger partial charge in [0.05, 0.1) is 11.9 Å². The summed E-state index contributed by atoms with van der Waals surface area (Å²) in [7, 11) is 1.78. The van der Waals surface area contributed by atoms with Gasteiger partial charge in [-0.3, -0.25) is 10.1 Å². The molecule has 2 aromatic rings. The molecule has 2 aromatic heterocycles. The van der Waals surface area contributed by atoms with E-state index >= 15 is 0 Å². The Morgan fingerprint density at radius 1 is 1.44 bits per heavy atom. The number of nitrogens with two attached hydrogens (primary N) is 1. The van der Waals surface area contributed by atoms with Crippen LogP contribution in [0.2, 0.25) is 0 Å². The third-order valence-electron chi connectivity index (χ3n) is 2.48. The van der Waals surface area contributed by atoms with Crippen LogP contribution in [0.1, 0.15) is 11.4 Å². The van der Waals surface area contributed by atoms with Crippen molar-refractivity contribution in [2.45, 2.75) is 13.8 Å². The minimum absolute atomic E-state index is 0.0746. The summed E-state index contributed by atoms with van der Waals surface area (Å²) in [5.41, 5.74) is 3.64. The van der Waals surface area contributed by atoms with Crippen molar-refractivity contribution in [1.29, 1.82) is 0 Å². The molecule has 0 spiro atoms. The van der Waals surface area contributed by atoms with E-state index in [0.717, 1.165) is 11.9 Å². The van der Waals surface area contributed by atoms with Crippen molar-refractivity contribution in [3.8, 4) is 11.6 Å². The number of hydrazine groups is 1. The monoisotopic (exact) mass is 252 g/mol. The van der Waals surface area contributed by atoms with Crippen LogP contribution in [0.3, 0.4) is 0 Å². The fraction of sp³-hybridized carbons (Fsp3) is 0.300. The third-order valence-corrected chi connectivity index (χ3v) is 2.48. The number of hydrogen-bond acceptors (Lipinski definition) is 6. The minimum Gasteiger partial charge on any atom is -0.432 e. The first-order chi connectivity index (χ1) is 8.52. The van der Waals surface area contributed by atoms with Crippen molar-refractivity contribution in [3.05, 3.63) is 23.4 Å². The molecular weight excluding hydrogens is 239 g/mol. The van der Waals surface area contributed by atoms with Gasteiger partial charge in [0.2, 0.25) is 11.8 Å². The molecule has 2 heterocycles. The van der Waals surface area contributed by atoms with Gasteiger partial charge in [-0.25, -0.2) is 10.8 Å². The SMILES string of the molecule is Cc1nn(C)c(C)c1Oc1nc(NN)ncc1F. The van der Waals surface area contributed by atoms with Crippen LogP contribution in [0.25, 0.3) is 0 Å². The Hall–Kier alpha value is -2.22. The smallest absolute Gasteiger partial charge is 0.261 e. The zero-order valence-corrected chi connectivity index (χ0v) is 10.2. The van der Waals surface area contributed by atoms with Crippen LogP contribution in [0.15, 0.2) is 6.20 Å². The number of halogens is 1. The zero-order valence-electron chi connectivity index (χ0n) is 10.2. The maximum Gasteiger partial charge on any atom is 0.261 e. The van der Waals surface area contributed by atoms with Gasteiger partial charge in [-0.1, -0.05) is 0 Å². The molecule has 0 aliphatic rings. The van der Waals surface area contributed by atoms with E-state index in [0.29, 0.717) is 11.4 Å². The maximum absolute atomic E-state index is 13.5. The largest absolute Gasteiger partial charge is 0.432 e. The number of aromatic nitrogens is 4. The molecule has 0 bridgehead atoms. The highest BCUT2D eigenvalue weighted by Crippen LogP contribution is 2.28. The van der Waals surface area contributed by atoms with Gasteiger partial charge in [0.1, 0.15) is 5.69 Å². The molecule has 0 aliphatic carbocycles. The van der Waals surface area contributed by atoms with Gasteiger partial charge in [-0.05, 0) is 13.8 Å². The number of hydrogen-bond donors (Lipinski definition) is 2. The van der Waals surface area contributed by atoms with Crippen LogP contribution in [-0.4, -0.2) is 19.7 Å². The lowest BCUT2D eigenvalue weighted by molar-refractivity contribution is 0.415. The molecule has 0 atom stereocenters. The standard InChI is InChI=1S/C10H13FN6O/c1-5-8(6(2)17(3)16-5)18-9-7(11)4-13-10(14-9)15-12/h4H,12H2,1-3H3,(H,13,14,15). The average molecular weight is 252 g/mol. The van der Waals surface area contributed by atoms with Crippen LogP contribution in [0, 0.1) is 19.7 Å². The van der Waals surface area contributed by atoms with Crippen LogP contribution in [-0.2, 0) is 7.05 Å². The molecule has 0 amide bonds. The highest BCUT2D eigenvalue weighted by molar-refractivity contribution is 5.36. The summed E-state index contributed by atoms with van der Waals surface area (Å²) in [6, 6.07) is 0. The van der Waals surface area contributed by atoms with E-state index in [9.17, 15) is 4.39 Å². The molecular formula is C10H13FN6O. The summed E-state index contributed by atoms with van der Waals surface area (Å²) in [6.45, 7) is 3.58. The topological polar surface area (TPSA) is 90.9 Å². The second-order valence-electron chi connectivity index (χ2n) is 3.72. The van der Waals surface area contributed by atoms with Gasteiger partial charge >= 0.3 is 0 Å². The molecule has 0 aromatic carbocycles. The number of nitrogens with one attached hydrogen (secondary N) is 1. The number of nitrogens with zero attached hydrogens (tertiary/aromatic N) is 4. The minimum atomic E-state index is -0.670. The first-order valence-corrected chi connectivity index (χ1v) is 5.20. The molecule has 8 heteroatoms. The molecule has 3 N–H and O–H groups in total. The Kier molecular flexibility index (Phi) is 3.11.